The number of benzene rings is 2. The second kappa shape index (κ2) is 9.99. The number of piperidine rings is 1. The lowest BCUT2D eigenvalue weighted by molar-refractivity contribution is 0.0686. The van der Waals surface area contributed by atoms with Crippen molar-refractivity contribution in [2.75, 3.05) is 26.7 Å². The average molecular weight is 409 g/mol. The molecule has 0 aliphatic carbocycles. The van der Waals surface area contributed by atoms with E-state index in [9.17, 15) is 13.6 Å². The molecule has 28 heavy (non-hydrogen) atoms. The van der Waals surface area contributed by atoms with Crippen molar-refractivity contribution in [3.8, 4) is 11.1 Å². The maximum atomic E-state index is 14.7. The van der Waals surface area contributed by atoms with Crippen LogP contribution in [-0.4, -0.2) is 37.5 Å². The number of nitrogens with zero attached hydrogens (tertiary/aromatic N) is 1. The predicted octanol–water partition coefficient (Wildman–Crippen LogP) is 4.82. The van der Waals surface area contributed by atoms with Gasteiger partial charge in [-0.2, -0.15) is 0 Å². The van der Waals surface area contributed by atoms with Crippen molar-refractivity contribution in [1.29, 1.82) is 0 Å². The van der Waals surface area contributed by atoms with Crippen molar-refractivity contribution in [1.82, 2.24) is 10.2 Å². The number of hydrogen-bond acceptors (Lipinski definition) is 2. The Bertz CT molecular complexity index is 820. The molecule has 1 N–H and O–H groups in total. The van der Waals surface area contributed by atoms with E-state index in [1.54, 1.807) is 25.1 Å². The lowest BCUT2D eigenvalue weighted by Crippen LogP contribution is -2.39. The van der Waals surface area contributed by atoms with Crippen LogP contribution in [0.15, 0.2) is 36.4 Å². The van der Waals surface area contributed by atoms with Gasteiger partial charge < -0.3 is 10.2 Å². The van der Waals surface area contributed by atoms with Gasteiger partial charge in [0.05, 0.1) is 0 Å². The molecule has 1 amide bonds. The van der Waals surface area contributed by atoms with Crippen LogP contribution >= 0.6 is 12.4 Å². The number of aryl methyl sites for hydroxylation is 1. The molecular formula is C22H27ClF2N2O. The van der Waals surface area contributed by atoms with Crippen molar-refractivity contribution in [2.45, 2.75) is 26.2 Å². The third-order valence-electron chi connectivity index (χ3n) is 5.40. The highest BCUT2D eigenvalue weighted by atomic mass is 35.5. The average Bonchev–Trinajstić information content (AvgIpc) is 2.67. The van der Waals surface area contributed by atoms with Gasteiger partial charge >= 0.3 is 0 Å². The van der Waals surface area contributed by atoms with E-state index in [0.717, 1.165) is 25.8 Å². The molecule has 2 aromatic rings. The molecule has 0 saturated carbocycles. The fourth-order valence-corrected chi connectivity index (χ4v) is 3.75. The van der Waals surface area contributed by atoms with Crippen LogP contribution in [0.4, 0.5) is 8.78 Å². The largest absolute Gasteiger partial charge is 0.339 e. The van der Waals surface area contributed by atoms with Gasteiger partial charge in [-0.1, -0.05) is 12.1 Å². The number of carbonyl (C=O) groups is 1. The summed E-state index contributed by atoms with van der Waals surface area (Å²) in [6.07, 6.45) is 3.10. The van der Waals surface area contributed by atoms with Crippen molar-refractivity contribution in [2.24, 2.45) is 5.92 Å². The number of halogens is 3. The molecule has 0 bridgehead atoms. The molecule has 3 nitrogen and oxygen atoms in total. The molecule has 2 aromatic carbocycles. The summed E-state index contributed by atoms with van der Waals surface area (Å²) in [5.41, 5.74) is 2.05. The van der Waals surface area contributed by atoms with E-state index in [1.807, 2.05) is 11.9 Å². The van der Waals surface area contributed by atoms with Crippen LogP contribution in [-0.2, 0) is 0 Å². The Morgan fingerprint density at radius 3 is 2.39 bits per heavy atom. The summed E-state index contributed by atoms with van der Waals surface area (Å²) in [5, 5.41) is 3.16. The van der Waals surface area contributed by atoms with E-state index in [4.69, 9.17) is 0 Å². The first-order valence-electron chi connectivity index (χ1n) is 9.49. The topological polar surface area (TPSA) is 32.3 Å². The van der Waals surface area contributed by atoms with Crippen LogP contribution in [0.3, 0.4) is 0 Å². The van der Waals surface area contributed by atoms with Crippen LogP contribution in [0.5, 0.6) is 0 Å². The van der Waals surface area contributed by atoms with Crippen LogP contribution in [0.1, 0.15) is 35.2 Å². The Morgan fingerprint density at radius 2 is 1.79 bits per heavy atom. The molecule has 1 heterocycles. The zero-order chi connectivity index (χ0) is 19.4. The van der Waals surface area contributed by atoms with E-state index < -0.39 is 5.82 Å². The van der Waals surface area contributed by atoms with Gasteiger partial charge in [0, 0.05) is 24.2 Å². The molecule has 0 spiro atoms. The number of carbonyl (C=O) groups excluding carboxylic acids is 1. The van der Waals surface area contributed by atoms with Crippen molar-refractivity contribution < 1.29 is 13.6 Å². The first-order valence-corrected chi connectivity index (χ1v) is 9.49. The summed E-state index contributed by atoms with van der Waals surface area (Å²) in [4.78, 5) is 14.5. The van der Waals surface area contributed by atoms with Crippen molar-refractivity contribution in [3.63, 3.8) is 0 Å². The molecule has 1 aliphatic rings. The Hall–Kier alpha value is -1.98. The SMILES string of the molecule is CNCCC1CCN(C(=O)c2ccc(-c3ccc(F)cc3C)c(F)c2)CC1.Cl. The van der Waals surface area contributed by atoms with Gasteiger partial charge in [0.2, 0.25) is 0 Å². The molecule has 0 radical (unpaired) electrons. The van der Waals surface area contributed by atoms with Gasteiger partial charge in [-0.25, -0.2) is 8.78 Å². The number of nitrogens with one attached hydrogen (secondary N) is 1. The fourth-order valence-electron chi connectivity index (χ4n) is 3.75. The summed E-state index contributed by atoms with van der Waals surface area (Å²) >= 11 is 0. The lowest BCUT2D eigenvalue weighted by atomic mass is 9.93. The minimum absolute atomic E-state index is 0. The fraction of sp³-hybridized carbons (Fsp3) is 0.409. The summed E-state index contributed by atoms with van der Waals surface area (Å²) < 4.78 is 28.0. The van der Waals surface area contributed by atoms with Gasteiger partial charge in [-0.05, 0) is 81.1 Å². The van der Waals surface area contributed by atoms with Gasteiger partial charge in [0.25, 0.3) is 5.91 Å². The van der Waals surface area contributed by atoms with E-state index in [-0.39, 0.29) is 24.1 Å². The molecule has 0 unspecified atom stereocenters. The Labute approximate surface area is 171 Å². The highest BCUT2D eigenvalue weighted by Gasteiger charge is 2.24. The molecule has 1 fully saturated rings. The predicted molar refractivity (Wildman–Crippen MR) is 111 cm³/mol. The lowest BCUT2D eigenvalue weighted by Gasteiger charge is -2.32. The third kappa shape index (κ3) is 5.09. The second-order valence-corrected chi connectivity index (χ2v) is 7.28. The van der Waals surface area contributed by atoms with Crippen molar-refractivity contribution >= 4 is 18.3 Å². The summed E-state index contributed by atoms with van der Waals surface area (Å²) in [7, 11) is 1.95. The van der Waals surface area contributed by atoms with Gasteiger partial charge in [-0.3, -0.25) is 4.79 Å². The molecule has 152 valence electrons. The quantitative estimate of drug-likeness (QED) is 0.768. The zero-order valence-corrected chi connectivity index (χ0v) is 17.1. The van der Waals surface area contributed by atoms with Crippen molar-refractivity contribution in [3.05, 3.63) is 59.2 Å². The van der Waals surface area contributed by atoms with Gasteiger partial charge in [-0.15, -0.1) is 12.4 Å². The molecule has 0 atom stereocenters. The first-order chi connectivity index (χ1) is 13.0. The Kier molecular flexibility index (Phi) is 7.96. The molecule has 6 heteroatoms. The molecular weight excluding hydrogens is 382 g/mol. The molecule has 0 aromatic heterocycles. The maximum absolute atomic E-state index is 14.7. The first kappa shape index (κ1) is 22.3. The van der Waals surface area contributed by atoms with Gasteiger partial charge in [0.15, 0.2) is 0 Å². The van der Waals surface area contributed by atoms with Crippen LogP contribution in [0, 0.1) is 24.5 Å². The third-order valence-corrected chi connectivity index (χ3v) is 5.40. The zero-order valence-electron chi connectivity index (χ0n) is 16.3. The Balaban J connectivity index is 0.00000280. The number of rotatable bonds is 5. The summed E-state index contributed by atoms with van der Waals surface area (Å²) in [6.45, 7) is 4.17. The van der Waals surface area contributed by atoms with E-state index >= 15 is 0 Å². The molecule has 1 aliphatic heterocycles. The van der Waals surface area contributed by atoms with E-state index in [0.29, 0.717) is 41.3 Å². The normalized spacial score (nSPS) is 14.6. The standard InChI is InChI=1S/C22H26F2N2O.ClH/c1-15-13-18(23)4-6-19(15)20-5-3-17(14-21(20)24)22(27)26-11-8-16(9-12-26)7-10-25-2;/h3-6,13-14,16,25H,7-12H2,1-2H3;1H. The number of likely N-dealkylation sites (tertiary alicyclic amines) is 1. The summed E-state index contributed by atoms with van der Waals surface area (Å²) in [6, 6.07) is 8.85. The minimum atomic E-state index is -0.459. The minimum Gasteiger partial charge on any atom is -0.339 e. The van der Waals surface area contributed by atoms with E-state index in [2.05, 4.69) is 5.32 Å². The van der Waals surface area contributed by atoms with E-state index in [1.165, 1.54) is 18.2 Å². The maximum Gasteiger partial charge on any atom is 0.253 e. The highest BCUT2D eigenvalue weighted by Crippen LogP contribution is 2.28. The smallest absolute Gasteiger partial charge is 0.253 e. The van der Waals surface area contributed by atoms with Gasteiger partial charge in [0.1, 0.15) is 11.6 Å². The Morgan fingerprint density at radius 1 is 1.11 bits per heavy atom. The summed E-state index contributed by atoms with van der Waals surface area (Å²) in [5.74, 6) is -0.286. The molecule has 3 rings (SSSR count). The highest BCUT2D eigenvalue weighted by molar-refractivity contribution is 5.95. The van der Waals surface area contributed by atoms with Crippen LogP contribution < -0.4 is 5.32 Å². The van der Waals surface area contributed by atoms with Crippen LogP contribution in [0.2, 0.25) is 0 Å². The monoisotopic (exact) mass is 408 g/mol. The van der Waals surface area contributed by atoms with Crippen LogP contribution in [0.25, 0.3) is 11.1 Å². The second-order valence-electron chi connectivity index (χ2n) is 7.28. The molecule has 1 saturated heterocycles. The number of hydrogen-bond donors (Lipinski definition) is 1. The number of amides is 1.